The van der Waals surface area contributed by atoms with E-state index >= 15 is 0 Å². The Hall–Kier alpha value is -1.76. The molecule has 20 heavy (non-hydrogen) atoms. The van der Waals surface area contributed by atoms with Crippen LogP contribution in [-0.2, 0) is 9.53 Å². The van der Waals surface area contributed by atoms with Gasteiger partial charge >= 0.3 is 5.97 Å². The van der Waals surface area contributed by atoms with E-state index in [1.165, 1.54) is 6.20 Å². The smallest absolute Gasteiger partial charge is 0.345 e. The molecular weight excluding hydrogens is 286 g/mol. The number of ether oxygens (including phenoxy) is 2. The third kappa shape index (κ3) is 3.86. The van der Waals surface area contributed by atoms with Gasteiger partial charge < -0.3 is 14.8 Å². The molecule has 0 bridgehead atoms. The van der Waals surface area contributed by atoms with Crippen LogP contribution in [0, 0.1) is 0 Å². The van der Waals surface area contributed by atoms with E-state index in [0.29, 0.717) is 13.0 Å². The number of aromatic nitrogens is 2. The van der Waals surface area contributed by atoms with Crippen molar-refractivity contribution in [3.63, 3.8) is 0 Å². The highest BCUT2D eigenvalue weighted by Gasteiger charge is 2.25. The highest BCUT2D eigenvalue weighted by Crippen LogP contribution is 2.19. The van der Waals surface area contributed by atoms with E-state index in [4.69, 9.17) is 9.47 Å². The average molecular weight is 304 g/mol. The minimum atomic E-state index is -0.601. The van der Waals surface area contributed by atoms with Gasteiger partial charge in [0, 0.05) is 6.54 Å². The molecule has 0 aromatic carbocycles. The number of esters is 1. The Morgan fingerprint density at radius 3 is 3.05 bits per heavy atom. The van der Waals surface area contributed by atoms with Gasteiger partial charge in [-0.1, -0.05) is 0 Å². The topological polar surface area (TPSA) is 93.3 Å². The summed E-state index contributed by atoms with van der Waals surface area (Å²) in [4.78, 5) is 23.4. The van der Waals surface area contributed by atoms with Crippen LogP contribution in [-0.4, -0.2) is 41.3 Å². The average Bonchev–Trinajstić information content (AvgIpc) is 2.76. The summed E-state index contributed by atoms with van der Waals surface area (Å²) in [6, 6.07) is 0. The van der Waals surface area contributed by atoms with Crippen molar-refractivity contribution in [1.82, 2.24) is 15.5 Å². The molecule has 0 saturated carbocycles. The number of hydrogen-bond donors (Lipinski definition) is 2. The highest BCUT2D eigenvalue weighted by atomic mass is 35.5. The van der Waals surface area contributed by atoms with Gasteiger partial charge in [0.2, 0.25) is 5.88 Å². The van der Waals surface area contributed by atoms with Crippen LogP contribution < -0.4 is 10.1 Å². The van der Waals surface area contributed by atoms with Crippen LogP contribution in [0.3, 0.4) is 0 Å². The third-order valence-corrected chi connectivity index (χ3v) is 2.84. The predicted molar refractivity (Wildman–Crippen MR) is 73.1 cm³/mol. The van der Waals surface area contributed by atoms with Gasteiger partial charge in [0.25, 0.3) is 5.91 Å². The lowest BCUT2D eigenvalue weighted by atomic mass is 10.2. The Balaban J connectivity index is 0.00000200. The van der Waals surface area contributed by atoms with Crippen molar-refractivity contribution in [2.45, 2.75) is 32.3 Å². The van der Waals surface area contributed by atoms with Gasteiger partial charge in [-0.15, -0.1) is 12.4 Å². The summed E-state index contributed by atoms with van der Waals surface area (Å²) in [6.07, 6.45) is 3.18. The van der Waals surface area contributed by atoms with Crippen molar-refractivity contribution in [3.05, 3.63) is 11.8 Å². The molecule has 2 rings (SSSR count). The second-order valence-corrected chi connectivity index (χ2v) is 4.23. The second kappa shape index (κ2) is 7.74. The molecule has 1 saturated heterocycles. The number of halogens is 1. The highest BCUT2D eigenvalue weighted by molar-refractivity contribution is 5.91. The minimum Gasteiger partial charge on any atom is -0.464 e. The van der Waals surface area contributed by atoms with Crippen molar-refractivity contribution in [2.24, 2.45) is 0 Å². The molecule has 1 aliphatic rings. The molecule has 8 heteroatoms. The van der Waals surface area contributed by atoms with Gasteiger partial charge in [0.05, 0.1) is 12.8 Å². The quantitative estimate of drug-likeness (QED) is 0.811. The molecule has 1 aromatic heterocycles. The van der Waals surface area contributed by atoms with Gasteiger partial charge in [-0.25, -0.2) is 9.89 Å². The molecule has 1 fully saturated rings. The molecule has 112 valence electrons. The van der Waals surface area contributed by atoms with Gasteiger partial charge in [0.1, 0.15) is 5.56 Å². The Labute approximate surface area is 122 Å². The van der Waals surface area contributed by atoms with Crippen LogP contribution >= 0.6 is 12.4 Å². The fourth-order valence-corrected chi connectivity index (χ4v) is 1.88. The number of nitrogens with zero attached hydrogens (tertiary/aromatic N) is 1. The van der Waals surface area contributed by atoms with Gasteiger partial charge in [-0.05, 0) is 26.2 Å². The number of aromatic amines is 1. The lowest BCUT2D eigenvalue weighted by Gasteiger charge is -2.15. The van der Waals surface area contributed by atoms with E-state index in [1.807, 2.05) is 0 Å². The van der Waals surface area contributed by atoms with Crippen molar-refractivity contribution < 1.29 is 19.1 Å². The van der Waals surface area contributed by atoms with Crippen molar-refractivity contribution in [2.75, 3.05) is 13.2 Å². The summed E-state index contributed by atoms with van der Waals surface area (Å²) < 4.78 is 10.4. The fraction of sp³-hybridized carbons (Fsp3) is 0.583. The zero-order chi connectivity index (χ0) is 13.7. The predicted octanol–water partition coefficient (Wildman–Crippen LogP) is 1.06. The first-order valence-corrected chi connectivity index (χ1v) is 6.37. The maximum atomic E-state index is 11.8. The summed E-state index contributed by atoms with van der Waals surface area (Å²) in [6.45, 7) is 2.65. The zero-order valence-electron chi connectivity index (χ0n) is 11.2. The fourth-order valence-electron chi connectivity index (χ4n) is 1.88. The Kier molecular flexibility index (Phi) is 6.30. The number of hydrogen-bond acceptors (Lipinski definition) is 5. The Morgan fingerprint density at radius 1 is 1.50 bits per heavy atom. The van der Waals surface area contributed by atoms with E-state index in [-0.39, 0.29) is 36.4 Å². The lowest BCUT2D eigenvalue weighted by Crippen LogP contribution is -2.36. The van der Waals surface area contributed by atoms with E-state index in [2.05, 4.69) is 15.5 Å². The zero-order valence-corrected chi connectivity index (χ0v) is 12.0. The Morgan fingerprint density at radius 2 is 2.30 bits per heavy atom. The van der Waals surface area contributed by atoms with Crippen LogP contribution in [0.1, 0.15) is 36.5 Å². The summed E-state index contributed by atoms with van der Waals surface area (Å²) in [5, 5.41) is 9.10. The molecule has 1 amide bonds. The van der Waals surface area contributed by atoms with E-state index in [1.54, 1.807) is 6.92 Å². The molecule has 1 atom stereocenters. The lowest BCUT2D eigenvalue weighted by molar-refractivity contribution is -0.127. The molecule has 1 aliphatic heterocycles. The van der Waals surface area contributed by atoms with Gasteiger partial charge in [-0.2, -0.15) is 5.10 Å². The number of nitrogens with one attached hydrogen (secondary N) is 2. The third-order valence-electron chi connectivity index (χ3n) is 2.84. The van der Waals surface area contributed by atoms with Crippen LogP contribution in [0.4, 0.5) is 0 Å². The number of amides is 1. The van der Waals surface area contributed by atoms with Crippen LogP contribution in [0.2, 0.25) is 0 Å². The van der Waals surface area contributed by atoms with E-state index in [0.717, 1.165) is 12.8 Å². The summed E-state index contributed by atoms with van der Waals surface area (Å²) in [5.74, 6) is -0.498. The first-order valence-electron chi connectivity index (χ1n) is 6.37. The number of rotatable bonds is 4. The van der Waals surface area contributed by atoms with Gasteiger partial charge in [0.15, 0.2) is 6.10 Å². The molecular formula is C12H18ClN3O4. The van der Waals surface area contributed by atoms with Crippen LogP contribution in [0.5, 0.6) is 5.88 Å². The minimum absolute atomic E-state index is 0. The van der Waals surface area contributed by atoms with Crippen LogP contribution in [0.25, 0.3) is 0 Å². The molecule has 2 N–H and O–H groups in total. The van der Waals surface area contributed by atoms with E-state index in [9.17, 15) is 9.59 Å². The largest absolute Gasteiger partial charge is 0.464 e. The molecule has 0 spiro atoms. The summed E-state index contributed by atoms with van der Waals surface area (Å²) >= 11 is 0. The van der Waals surface area contributed by atoms with Gasteiger partial charge in [-0.3, -0.25) is 4.79 Å². The standard InChI is InChI=1S/C12H17N3O4.ClH/c1-2-18-12(17)8-7-14-15-11(8)19-9-5-3-4-6-13-10(9)16;/h7,9H,2-6H2,1H3,(H,13,16)(H,14,15);1H. The molecule has 1 aromatic rings. The maximum Gasteiger partial charge on any atom is 0.345 e. The molecule has 2 heterocycles. The number of carbonyl (C=O) groups is 2. The van der Waals surface area contributed by atoms with E-state index < -0.39 is 12.1 Å². The SMILES string of the molecule is CCOC(=O)c1cn[nH]c1OC1CCCCNC1=O.Cl. The monoisotopic (exact) mass is 303 g/mol. The second-order valence-electron chi connectivity index (χ2n) is 4.23. The normalized spacial score (nSPS) is 18.4. The van der Waals surface area contributed by atoms with Crippen molar-refractivity contribution >= 4 is 24.3 Å². The molecule has 0 aliphatic carbocycles. The number of carbonyl (C=O) groups excluding carboxylic acids is 2. The molecule has 0 radical (unpaired) electrons. The summed E-state index contributed by atoms with van der Waals surface area (Å²) in [7, 11) is 0. The van der Waals surface area contributed by atoms with Crippen molar-refractivity contribution in [3.8, 4) is 5.88 Å². The first kappa shape index (κ1) is 16.3. The molecule has 1 unspecified atom stereocenters. The van der Waals surface area contributed by atoms with Crippen LogP contribution in [0.15, 0.2) is 6.20 Å². The summed E-state index contributed by atoms with van der Waals surface area (Å²) in [5.41, 5.74) is 0.207. The van der Waals surface area contributed by atoms with Crippen molar-refractivity contribution in [1.29, 1.82) is 0 Å². The first-order chi connectivity index (χ1) is 9.22. The Bertz CT molecular complexity index is 463. The maximum absolute atomic E-state index is 11.8. The number of H-pyrrole nitrogens is 1. The molecule has 7 nitrogen and oxygen atoms in total.